The van der Waals surface area contributed by atoms with Crippen molar-refractivity contribution >= 4 is 11.8 Å². The van der Waals surface area contributed by atoms with Crippen LogP contribution in [-0.4, -0.2) is 52.4 Å². The van der Waals surface area contributed by atoms with E-state index >= 15 is 0 Å². The predicted octanol–water partition coefficient (Wildman–Crippen LogP) is 1.20. The second-order valence-electron chi connectivity index (χ2n) is 6.37. The van der Waals surface area contributed by atoms with Crippen LogP contribution in [0.15, 0.2) is 29.6 Å². The maximum absolute atomic E-state index is 4.59. The molecule has 0 atom stereocenters. The molecule has 1 aliphatic heterocycles. The van der Waals surface area contributed by atoms with Crippen molar-refractivity contribution in [2.75, 3.05) is 31.6 Å². The maximum Gasteiger partial charge on any atom is 0.191 e. The fourth-order valence-electron chi connectivity index (χ4n) is 3.10. The first kappa shape index (κ1) is 18.2. The van der Waals surface area contributed by atoms with E-state index in [0.717, 1.165) is 55.8 Å². The van der Waals surface area contributed by atoms with Crippen LogP contribution in [0.5, 0.6) is 0 Å². The first-order chi connectivity index (χ1) is 12.8. The van der Waals surface area contributed by atoms with E-state index in [9.17, 15) is 0 Å². The molecule has 1 aliphatic rings. The molecule has 0 bridgehead atoms. The molecule has 140 valence electrons. The van der Waals surface area contributed by atoms with Crippen LogP contribution in [0, 0.1) is 0 Å². The molecule has 26 heavy (non-hydrogen) atoms. The molecule has 0 saturated carbocycles. The van der Waals surface area contributed by atoms with Crippen LogP contribution >= 0.6 is 0 Å². The molecular formula is C18H28N8. The monoisotopic (exact) mass is 356 g/mol. The lowest BCUT2D eigenvalue weighted by Crippen LogP contribution is -2.38. The largest absolute Gasteiger partial charge is 0.357 e. The molecule has 0 radical (unpaired) electrons. The fourth-order valence-corrected chi connectivity index (χ4v) is 3.10. The number of hydrogen-bond acceptors (Lipinski definition) is 5. The number of nitrogens with zero attached hydrogens (tertiary/aromatic N) is 6. The number of guanidine groups is 1. The third-order valence-corrected chi connectivity index (χ3v) is 4.58. The van der Waals surface area contributed by atoms with Crippen molar-refractivity contribution in [3.63, 3.8) is 0 Å². The molecule has 3 rings (SSSR count). The quantitative estimate of drug-likeness (QED) is 0.573. The van der Waals surface area contributed by atoms with Crippen molar-refractivity contribution in [3.8, 4) is 0 Å². The first-order valence-electron chi connectivity index (χ1n) is 9.31. The van der Waals surface area contributed by atoms with Gasteiger partial charge in [0.05, 0.1) is 0 Å². The Bertz CT molecular complexity index is 700. The summed E-state index contributed by atoms with van der Waals surface area (Å²) in [5.41, 5.74) is 1.14. The van der Waals surface area contributed by atoms with Gasteiger partial charge in [0, 0.05) is 52.4 Å². The van der Waals surface area contributed by atoms with E-state index < -0.39 is 0 Å². The highest BCUT2D eigenvalue weighted by molar-refractivity contribution is 5.79. The van der Waals surface area contributed by atoms with Crippen LogP contribution in [-0.2, 0) is 19.5 Å². The van der Waals surface area contributed by atoms with E-state index in [-0.39, 0.29) is 0 Å². The van der Waals surface area contributed by atoms with Crippen molar-refractivity contribution in [2.24, 2.45) is 4.99 Å². The molecule has 2 N–H and O–H groups in total. The van der Waals surface area contributed by atoms with Crippen molar-refractivity contribution in [3.05, 3.63) is 36.0 Å². The highest BCUT2D eigenvalue weighted by Gasteiger charge is 2.12. The minimum atomic E-state index is 0.694. The summed E-state index contributed by atoms with van der Waals surface area (Å²) < 4.78 is 2.06. The summed E-state index contributed by atoms with van der Waals surface area (Å²) >= 11 is 0. The van der Waals surface area contributed by atoms with Crippen molar-refractivity contribution in [1.82, 2.24) is 30.4 Å². The summed E-state index contributed by atoms with van der Waals surface area (Å²) in [7, 11) is 1.78. The normalized spacial score (nSPS) is 14.7. The number of aliphatic imine (C=N–C) groups is 1. The number of nitrogens with one attached hydrogen (secondary N) is 2. The van der Waals surface area contributed by atoms with Crippen molar-refractivity contribution in [1.29, 1.82) is 0 Å². The van der Waals surface area contributed by atoms with E-state index in [1.807, 2.05) is 6.20 Å². The van der Waals surface area contributed by atoms with Gasteiger partial charge in [0.2, 0.25) is 0 Å². The van der Waals surface area contributed by atoms with Gasteiger partial charge in [-0.2, -0.15) is 0 Å². The molecule has 0 aromatic carbocycles. The topological polar surface area (TPSA) is 83.3 Å². The van der Waals surface area contributed by atoms with E-state index in [2.05, 4.69) is 59.3 Å². The average Bonchev–Trinajstić information content (AvgIpc) is 3.36. The minimum absolute atomic E-state index is 0.694. The molecule has 2 aromatic heterocycles. The summed E-state index contributed by atoms with van der Waals surface area (Å²) in [4.78, 5) is 11.2. The number of rotatable bonds is 7. The van der Waals surface area contributed by atoms with Gasteiger partial charge >= 0.3 is 0 Å². The molecule has 0 amide bonds. The van der Waals surface area contributed by atoms with Crippen molar-refractivity contribution in [2.45, 2.75) is 39.3 Å². The highest BCUT2D eigenvalue weighted by Crippen LogP contribution is 2.17. The molecule has 0 unspecified atom stereocenters. The highest BCUT2D eigenvalue weighted by atomic mass is 15.3. The second-order valence-corrected chi connectivity index (χ2v) is 6.37. The third-order valence-electron chi connectivity index (χ3n) is 4.58. The Morgan fingerprint density at radius 1 is 1.23 bits per heavy atom. The van der Waals surface area contributed by atoms with Gasteiger partial charge in [0.15, 0.2) is 5.96 Å². The van der Waals surface area contributed by atoms with Gasteiger partial charge in [0.25, 0.3) is 0 Å². The van der Waals surface area contributed by atoms with Crippen LogP contribution < -0.4 is 15.5 Å². The summed E-state index contributed by atoms with van der Waals surface area (Å²) in [6, 6.07) is 4.24. The van der Waals surface area contributed by atoms with E-state index in [1.165, 1.54) is 12.8 Å². The Labute approximate surface area is 154 Å². The van der Waals surface area contributed by atoms with Crippen LogP contribution in [0.1, 0.15) is 31.2 Å². The fraction of sp³-hybridized carbons (Fsp3) is 0.556. The molecule has 1 fully saturated rings. The molecular weight excluding hydrogens is 328 g/mol. The average molecular weight is 356 g/mol. The van der Waals surface area contributed by atoms with Crippen LogP contribution in [0.25, 0.3) is 0 Å². The van der Waals surface area contributed by atoms with Gasteiger partial charge in [-0.15, -0.1) is 10.2 Å². The van der Waals surface area contributed by atoms with E-state index in [0.29, 0.717) is 6.54 Å². The lowest BCUT2D eigenvalue weighted by atomic mass is 10.3. The Morgan fingerprint density at radius 2 is 2.08 bits per heavy atom. The number of aromatic nitrogens is 4. The van der Waals surface area contributed by atoms with Crippen LogP contribution in [0.4, 0.5) is 5.82 Å². The molecule has 3 heterocycles. The molecule has 0 spiro atoms. The SMILES string of the molecule is CCc1nncn1CCNC(=NC)NCc1ccc(N2CCCC2)nc1. The Kier molecular flexibility index (Phi) is 6.40. The molecule has 2 aromatic rings. The van der Waals surface area contributed by atoms with Gasteiger partial charge in [-0.05, 0) is 24.5 Å². The third kappa shape index (κ3) is 4.71. The van der Waals surface area contributed by atoms with Gasteiger partial charge in [0.1, 0.15) is 18.0 Å². The Balaban J connectivity index is 1.43. The van der Waals surface area contributed by atoms with Crippen LogP contribution in [0.2, 0.25) is 0 Å². The standard InChI is InChI=1S/C18H28N8/c1-3-16-24-23-14-26(16)11-8-20-18(19-2)22-13-15-6-7-17(21-12-15)25-9-4-5-10-25/h6-7,12,14H,3-5,8-11,13H2,1-2H3,(H2,19,20,22). The zero-order chi connectivity index (χ0) is 18.2. The van der Waals surface area contributed by atoms with Gasteiger partial charge in [-0.1, -0.05) is 13.0 Å². The number of aryl methyl sites for hydroxylation is 1. The van der Waals surface area contributed by atoms with Gasteiger partial charge in [-0.25, -0.2) is 4.98 Å². The Hall–Kier alpha value is -2.64. The molecule has 8 nitrogen and oxygen atoms in total. The lowest BCUT2D eigenvalue weighted by Gasteiger charge is -2.16. The number of anilines is 1. The zero-order valence-corrected chi connectivity index (χ0v) is 15.6. The molecule has 8 heteroatoms. The first-order valence-corrected chi connectivity index (χ1v) is 9.31. The molecule has 1 saturated heterocycles. The summed E-state index contributed by atoms with van der Waals surface area (Å²) in [5.74, 6) is 2.85. The van der Waals surface area contributed by atoms with Crippen LogP contribution in [0.3, 0.4) is 0 Å². The van der Waals surface area contributed by atoms with Gasteiger partial charge in [-0.3, -0.25) is 4.99 Å². The van der Waals surface area contributed by atoms with E-state index in [4.69, 9.17) is 0 Å². The summed E-state index contributed by atoms with van der Waals surface area (Å²) in [5, 5.41) is 14.7. The Morgan fingerprint density at radius 3 is 2.77 bits per heavy atom. The number of pyridine rings is 1. The number of hydrogen-bond donors (Lipinski definition) is 2. The summed E-state index contributed by atoms with van der Waals surface area (Å²) in [6.45, 7) is 6.58. The van der Waals surface area contributed by atoms with Gasteiger partial charge < -0.3 is 20.1 Å². The van der Waals surface area contributed by atoms with E-state index in [1.54, 1.807) is 13.4 Å². The second kappa shape index (κ2) is 9.17. The zero-order valence-electron chi connectivity index (χ0n) is 15.6. The predicted molar refractivity (Wildman–Crippen MR) is 103 cm³/mol. The maximum atomic E-state index is 4.59. The molecule has 0 aliphatic carbocycles. The lowest BCUT2D eigenvalue weighted by molar-refractivity contribution is 0.632. The smallest absolute Gasteiger partial charge is 0.191 e. The summed E-state index contributed by atoms with van der Waals surface area (Å²) in [6.07, 6.45) is 7.13. The van der Waals surface area contributed by atoms with Crippen molar-refractivity contribution < 1.29 is 0 Å². The minimum Gasteiger partial charge on any atom is -0.357 e.